The molecule has 0 saturated heterocycles. The van der Waals surface area contributed by atoms with Crippen molar-refractivity contribution in [3.63, 3.8) is 0 Å². The van der Waals surface area contributed by atoms with Gasteiger partial charge in [-0.25, -0.2) is 0 Å². The van der Waals surface area contributed by atoms with Crippen molar-refractivity contribution in [2.45, 2.75) is 0 Å². The van der Waals surface area contributed by atoms with Crippen molar-refractivity contribution < 1.29 is 10.2 Å². The molecule has 0 aromatic heterocycles. The van der Waals surface area contributed by atoms with Crippen LogP contribution < -0.4 is 0 Å². The van der Waals surface area contributed by atoms with Gasteiger partial charge in [-0.05, 0) is 57.7 Å². The third-order valence-electron chi connectivity index (χ3n) is 4.01. The monoisotopic (exact) mass is 314 g/mol. The Morgan fingerprint density at radius 3 is 1.21 bits per heavy atom. The van der Waals surface area contributed by atoms with Gasteiger partial charge in [-0.3, -0.25) is 0 Å². The van der Waals surface area contributed by atoms with Crippen LogP contribution >= 0.6 is 0 Å². The molecule has 0 bridgehead atoms. The molecule has 0 unspecified atom stereocenters. The van der Waals surface area contributed by atoms with Gasteiger partial charge in [0.15, 0.2) is 0 Å². The predicted molar refractivity (Wildman–Crippen MR) is 98.9 cm³/mol. The Morgan fingerprint density at radius 1 is 0.542 bits per heavy atom. The van der Waals surface area contributed by atoms with Crippen molar-refractivity contribution in [2.75, 3.05) is 0 Å². The maximum absolute atomic E-state index is 9.46. The average molecular weight is 314 g/mol. The van der Waals surface area contributed by atoms with Gasteiger partial charge < -0.3 is 10.2 Å². The Bertz CT molecular complexity index is 812. The zero-order valence-electron chi connectivity index (χ0n) is 13.2. The normalized spacial score (nSPS) is 10.3. The number of benzene rings is 3. The standard InChI is InChI=1S/C22H18O2/c1-15(17-7-11-19(23)12-8-17)21-5-3-4-6-22(21)16(2)18-9-13-20(24)14-10-18/h3-14,23-24H,1-2H2. The van der Waals surface area contributed by atoms with Gasteiger partial charge >= 0.3 is 0 Å². The van der Waals surface area contributed by atoms with E-state index in [0.29, 0.717) is 0 Å². The van der Waals surface area contributed by atoms with Crippen LogP contribution in [0.1, 0.15) is 22.3 Å². The molecule has 24 heavy (non-hydrogen) atoms. The minimum Gasteiger partial charge on any atom is -0.508 e. The van der Waals surface area contributed by atoms with Crippen LogP contribution in [0.15, 0.2) is 86.0 Å². The molecule has 0 heterocycles. The Balaban J connectivity index is 2.01. The van der Waals surface area contributed by atoms with Crippen LogP contribution in [-0.4, -0.2) is 10.2 Å². The lowest BCUT2D eigenvalue weighted by Crippen LogP contribution is -1.95. The quantitative estimate of drug-likeness (QED) is 0.693. The smallest absolute Gasteiger partial charge is 0.115 e. The first kappa shape index (κ1) is 15.6. The summed E-state index contributed by atoms with van der Waals surface area (Å²) in [5, 5.41) is 18.9. The second-order valence-electron chi connectivity index (χ2n) is 5.60. The molecule has 0 saturated carbocycles. The minimum atomic E-state index is 0.230. The molecule has 0 spiro atoms. The summed E-state index contributed by atoms with van der Waals surface area (Å²) in [6, 6.07) is 21.9. The van der Waals surface area contributed by atoms with E-state index in [1.54, 1.807) is 24.3 Å². The maximum atomic E-state index is 9.46. The summed E-state index contributed by atoms with van der Waals surface area (Å²) in [6.45, 7) is 8.43. The topological polar surface area (TPSA) is 40.5 Å². The highest BCUT2D eigenvalue weighted by atomic mass is 16.3. The fourth-order valence-electron chi connectivity index (χ4n) is 2.65. The number of aromatic hydroxyl groups is 2. The van der Waals surface area contributed by atoms with Crippen LogP contribution in [-0.2, 0) is 0 Å². The Labute approximate surface area is 141 Å². The highest BCUT2D eigenvalue weighted by molar-refractivity contribution is 5.89. The third kappa shape index (κ3) is 3.08. The molecule has 2 nitrogen and oxygen atoms in total. The van der Waals surface area contributed by atoms with E-state index in [0.717, 1.165) is 33.4 Å². The van der Waals surface area contributed by atoms with Crippen LogP contribution in [0.25, 0.3) is 11.1 Å². The van der Waals surface area contributed by atoms with Gasteiger partial charge in [0, 0.05) is 0 Å². The summed E-state index contributed by atoms with van der Waals surface area (Å²) in [7, 11) is 0. The average Bonchev–Trinajstić information content (AvgIpc) is 2.62. The lowest BCUT2D eigenvalue weighted by atomic mass is 9.89. The minimum absolute atomic E-state index is 0.230. The molecule has 0 radical (unpaired) electrons. The van der Waals surface area contributed by atoms with Crippen LogP contribution in [0.4, 0.5) is 0 Å². The largest absolute Gasteiger partial charge is 0.508 e. The molecular formula is C22H18O2. The molecule has 3 aromatic carbocycles. The van der Waals surface area contributed by atoms with Crippen LogP contribution in [0.3, 0.4) is 0 Å². The van der Waals surface area contributed by atoms with Crippen molar-refractivity contribution in [1.29, 1.82) is 0 Å². The highest BCUT2D eigenvalue weighted by Crippen LogP contribution is 2.32. The van der Waals surface area contributed by atoms with Crippen molar-refractivity contribution in [3.05, 3.63) is 108 Å². The molecule has 0 amide bonds. The fraction of sp³-hybridized carbons (Fsp3) is 0. The molecule has 3 rings (SSSR count). The van der Waals surface area contributed by atoms with Gasteiger partial charge in [0.1, 0.15) is 11.5 Å². The summed E-state index contributed by atoms with van der Waals surface area (Å²) < 4.78 is 0. The number of phenols is 2. The van der Waals surface area contributed by atoms with E-state index in [1.165, 1.54) is 0 Å². The summed E-state index contributed by atoms with van der Waals surface area (Å²) in [5.41, 5.74) is 5.59. The molecule has 118 valence electrons. The van der Waals surface area contributed by atoms with Crippen molar-refractivity contribution in [1.82, 2.24) is 0 Å². The van der Waals surface area contributed by atoms with Gasteiger partial charge in [0.25, 0.3) is 0 Å². The van der Waals surface area contributed by atoms with E-state index in [2.05, 4.69) is 13.2 Å². The second kappa shape index (κ2) is 6.47. The van der Waals surface area contributed by atoms with E-state index < -0.39 is 0 Å². The van der Waals surface area contributed by atoms with Crippen LogP contribution in [0.2, 0.25) is 0 Å². The maximum Gasteiger partial charge on any atom is 0.115 e. The molecule has 0 aliphatic heterocycles. The van der Waals surface area contributed by atoms with E-state index in [-0.39, 0.29) is 11.5 Å². The van der Waals surface area contributed by atoms with E-state index in [4.69, 9.17) is 0 Å². The molecule has 3 aromatic rings. The molecule has 0 aliphatic carbocycles. The zero-order chi connectivity index (χ0) is 17.1. The number of hydrogen-bond acceptors (Lipinski definition) is 2. The second-order valence-corrected chi connectivity index (χ2v) is 5.60. The first-order valence-electron chi connectivity index (χ1n) is 7.62. The van der Waals surface area contributed by atoms with Crippen molar-refractivity contribution in [2.24, 2.45) is 0 Å². The molecule has 0 aliphatic rings. The Hall–Kier alpha value is -3.26. The first-order chi connectivity index (χ1) is 11.6. The number of hydrogen-bond donors (Lipinski definition) is 2. The molecule has 0 fully saturated rings. The third-order valence-corrected chi connectivity index (χ3v) is 4.01. The Kier molecular flexibility index (Phi) is 4.21. The van der Waals surface area contributed by atoms with Crippen molar-refractivity contribution >= 4 is 11.1 Å². The summed E-state index contributed by atoms with van der Waals surface area (Å²) >= 11 is 0. The first-order valence-corrected chi connectivity index (χ1v) is 7.62. The predicted octanol–water partition coefficient (Wildman–Crippen LogP) is 5.22. The SMILES string of the molecule is C=C(c1ccc(O)cc1)c1ccccc1C(=C)c1ccc(O)cc1. The van der Waals surface area contributed by atoms with Crippen LogP contribution in [0, 0.1) is 0 Å². The lowest BCUT2D eigenvalue weighted by Gasteiger charge is -2.15. The van der Waals surface area contributed by atoms with Crippen molar-refractivity contribution in [3.8, 4) is 11.5 Å². The van der Waals surface area contributed by atoms with Crippen LogP contribution in [0.5, 0.6) is 11.5 Å². The molecule has 0 atom stereocenters. The molecular weight excluding hydrogens is 296 g/mol. The van der Waals surface area contributed by atoms with Gasteiger partial charge in [-0.1, -0.05) is 61.7 Å². The fourth-order valence-corrected chi connectivity index (χ4v) is 2.65. The molecule has 2 heteroatoms. The van der Waals surface area contributed by atoms with E-state index in [1.807, 2.05) is 48.5 Å². The summed E-state index contributed by atoms with van der Waals surface area (Å²) in [4.78, 5) is 0. The lowest BCUT2D eigenvalue weighted by molar-refractivity contribution is 0.474. The van der Waals surface area contributed by atoms with Gasteiger partial charge in [-0.2, -0.15) is 0 Å². The van der Waals surface area contributed by atoms with Gasteiger partial charge in [0.05, 0.1) is 0 Å². The highest BCUT2D eigenvalue weighted by Gasteiger charge is 2.11. The molecule has 2 N–H and O–H groups in total. The zero-order valence-corrected chi connectivity index (χ0v) is 13.2. The summed E-state index contributed by atoms with van der Waals surface area (Å²) in [5.74, 6) is 0.460. The Morgan fingerprint density at radius 2 is 0.875 bits per heavy atom. The van der Waals surface area contributed by atoms with E-state index >= 15 is 0 Å². The number of rotatable bonds is 4. The number of phenolic OH excluding ortho intramolecular Hbond substituents is 2. The van der Waals surface area contributed by atoms with Gasteiger partial charge in [-0.15, -0.1) is 0 Å². The van der Waals surface area contributed by atoms with E-state index in [9.17, 15) is 10.2 Å². The van der Waals surface area contributed by atoms with Gasteiger partial charge in [0.2, 0.25) is 0 Å². The summed E-state index contributed by atoms with van der Waals surface area (Å²) in [6.07, 6.45) is 0.